The lowest BCUT2D eigenvalue weighted by Gasteiger charge is -2.25. The molecule has 1 heterocycles. The summed E-state index contributed by atoms with van der Waals surface area (Å²) in [5.74, 6) is -13.9. The summed E-state index contributed by atoms with van der Waals surface area (Å²) in [6, 6.07) is 6.93. The van der Waals surface area contributed by atoms with Crippen LogP contribution in [0.3, 0.4) is 0 Å². The maximum Gasteiger partial charge on any atom is 0.343 e. The number of carbonyl (C=O) groups excluding carboxylic acids is 1. The standard InChI is InChI=1S/C73H4F5NO2/c74-65-66(75)68(77)72(69(78)67(65)76)81-73(80)5-1-3-6(4-2-5)79-70-61-54-47-35-27-18-9-7-8-10-13(9)22-29(27)37-38-30(22)28-19(10)21-17-12(8)15-14-11(7)16-20(18)33(35)41-39-25(16)23(14)31-32-24(15)26(17)40-42-34(21)36(28)48-50(38)59(58(61)49(37)47)62-55(48)53(42)57-46(40)44(32)51-43(31)45(39)56(52(41)54)63(70)60(51)64(57)71(62)79/h1-4H. The van der Waals surface area contributed by atoms with Crippen LogP contribution in [0.4, 0.5) is 22.0 Å². The number of fused-ring (bicyclic) bond motifs is 5. The molecule has 8 heteroatoms. The number of rotatable bonds is 3. The van der Waals surface area contributed by atoms with E-state index in [4.69, 9.17) is 4.74 Å². The summed E-state index contributed by atoms with van der Waals surface area (Å²) < 4.78 is 80.9. The fourth-order valence-corrected chi connectivity index (χ4v) is 24.3. The van der Waals surface area contributed by atoms with Gasteiger partial charge in [0, 0.05) is 318 Å². The molecular formula is C73H4F5NO2. The number of esters is 1. The first kappa shape index (κ1) is 32.5. The minimum absolute atomic E-state index is 0.0930. The van der Waals surface area contributed by atoms with Gasteiger partial charge in [-0.25, -0.2) is 18.0 Å². The van der Waals surface area contributed by atoms with Gasteiger partial charge in [-0.05, 0) is 24.3 Å². The number of hydrogen-bond donors (Lipinski definition) is 0. The first-order valence-electron chi connectivity index (χ1n) is 28.0. The number of nitrogens with zero attached hydrogens (tertiary/aromatic N) is 1. The molecule has 81 heavy (non-hydrogen) atoms. The second-order valence-electron chi connectivity index (χ2n) is 26.6. The van der Waals surface area contributed by atoms with Gasteiger partial charge in [-0.15, -0.1) is 0 Å². The molecule has 33 rings (SSSR count). The summed E-state index contributed by atoms with van der Waals surface area (Å²) in [5, 5.41) is 84.6. The maximum atomic E-state index is 15.1. The van der Waals surface area contributed by atoms with E-state index >= 15 is 8.78 Å². The van der Waals surface area contributed by atoms with Gasteiger partial charge in [0.05, 0.1) is 16.6 Å². The first-order valence-corrected chi connectivity index (χ1v) is 28.0. The Morgan fingerprint density at radius 3 is 0.593 bits per heavy atom. The predicted molar refractivity (Wildman–Crippen MR) is 320 cm³/mol. The lowest BCUT2D eigenvalue weighted by molar-refractivity contribution is 0.0716. The number of pyridine rings is 1. The molecule has 0 atom stereocenters. The Bertz CT molecular complexity index is 7940. The van der Waals surface area contributed by atoms with Crippen LogP contribution in [0.5, 0.6) is 5.75 Å². The SMILES string of the molecule is O=C(Oc1c(F)c(F)c(F)c(F)c1F)c1ccc(-n2c3c4c5c6c7c8c9c%10c%11c%12c%13c%10c%10c8c8c%14c%10c%10c%13c%13c%15c%12c%12c%16c%11c%11c9c7c7c9c%11c%16c%11c%16c%12c%15c%12c%15c%13c%10c%10c%14c(c4c86)c4c%10c%15c6c%12c%16c8c%11c9c(c75)c3c8c6c42)cc1. The van der Waals surface area contributed by atoms with Crippen LogP contribution in [0.25, 0.3) is 329 Å². The summed E-state index contributed by atoms with van der Waals surface area (Å²) in [4.78, 5) is 14.0. The van der Waals surface area contributed by atoms with Crippen molar-refractivity contribution in [2.45, 2.75) is 0 Å². The van der Waals surface area contributed by atoms with Gasteiger partial charge in [0.1, 0.15) is 0 Å². The monoisotopic (exact) mass is 1020 g/mol. The van der Waals surface area contributed by atoms with Crippen LogP contribution in [-0.2, 0) is 0 Å². The first-order chi connectivity index (χ1) is 39.9. The second-order valence-corrected chi connectivity index (χ2v) is 26.6. The lowest BCUT2D eigenvalue weighted by Crippen LogP contribution is -2.14. The van der Waals surface area contributed by atoms with Crippen molar-refractivity contribution in [1.29, 1.82) is 0 Å². The van der Waals surface area contributed by atoms with E-state index in [1.54, 1.807) is 22.9 Å². The fourth-order valence-electron chi connectivity index (χ4n) is 24.3. The maximum absolute atomic E-state index is 15.1. The molecule has 0 fully saturated rings. The Hall–Kier alpha value is -10.4. The molecule has 0 saturated heterocycles. The van der Waals surface area contributed by atoms with Crippen molar-refractivity contribution in [3.63, 3.8) is 0 Å². The summed E-state index contributed by atoms with van der Waals surface area (Å²) in [6.07, 6.45) is 0. The molecule has 1 aromatic heterocycles. The van der Waals surface area contributed by atoms with E-state index in [0.29, 0.717) is 0 Å². The Balaban J connectivity index is 0.962. The molecule has 0 radical (unpaired) electrons. The molecular weight excluding hydrogens is 1020 g/mol. The highest BCUT2D eigenvalue weighted by Crippen LogP contribution is 2.80. The number of ether oxygens (including phenoxy) is 1. The topological polar surface area (TPSA) is 31.2 Å². The molecule has 32 aromatic carbocycles. The number of hydrogen-bond acceptors (Lipinski definition) is 2. The van der Waals surface area contributed by atoms with Crippen LogP contribution >= 0.6 is 0 Å². The largest absolute Gasteiger partial charge is 0.416 e. The zero-order chi connectivity index (χ0) is 50.0. The van der Waals surface area contributed by atoms with Gasteiger partial charge in [0.2, 0.25) is 34.8 Å². The molecule has 348 valence electrons. The van der Waals surface area contributed by atoms with Crippen LogP contribution in [0.15, 0.2) is 24.3 Å². The average molecular weight is 1020 g/mol. The number of benzene rings is 21. The molecule has 3 nitrogen and oxygen atoms in total. The highest BCUT2D eigenvalue weighted by Gasteiger charge is 2.51. The van der Waals surface area contributed by atoms with Gasteiger partial charge < -0.3 is 9.30 Å². The van der Waals surface area contributed by atoms with Crippen LogP contribution in [-0.4, -0.2) is 10.5 Å². The van der Waals surface area contributed by atoms with Crippen molar-refractivity contribution >= 4 is 329 Å². The van der Waals surface area contributed by atoms with Crippen LogP contribution in [0.1, 0.15) is 10.4 Å². The van der Waals surface area contributed by atoms with E-state index in [2.05, 4.69) is 4.57 Å². The molecule has 0 aliphatic heterocycles. The Kier molecular flexibility index (Phi) is 3.13. The van der Waals surface area contributed by atoms with Crippen LogP contribution in [0, 0.1) is 29.1 Å². The van der Waals surface area contributed by atoms with E-state index in [-0.39, 0.29) is 5.56 Å². The van der Waals surface area contributed by atoms with Crippen molar-refractivity contribution in [3.8, 4) is 11.4 Å². The Labute approximate surface area is 433 Å². The normalized spacial score (nSPS) is 16.3. The Morgan fingerprint density at radius 2 is 0.395 bits per heavy atom. The highest BCUT2D eigenvalue weighted by atomic mass is 19.2. The fraction of sp³-hybridized carbons (Fsp3) is 0. The minimum Gasteiger partial charge on any atom is -0.416 e. The van der Waals surface area contributed by atoms with Gasteiger partial charge in [0.25, 0.3) is 0 Å². The molecule has 0 N–H and O–H groups in total. The smallest absolute Gasteiger partial charge is 0.343 e. The Morgan fingerprint density at radius 1 is 0.235 bits per heavy atom. The lowest BCUT2D eigenvalue weighted by atomic mass is 9.84. The van der Waals surface area contributed by atoms with Crippen molar-refractivity contribution in [2.75, 3.05) is 0 Å². The van der Waals surface area contributed by atoms with Gasteiger partial charge in [0.15, 0.2) is 0 Å². The summed E-state index contributed by atoms with van der Waals surface area (Å²) in [6.45, 7) is 0. The molecule has 0 amide bonds. The van der Waals surface area contributed by atoms with E-state index < -0.39 is 40.8 Å². The predicted octanol–water partition coefficient (Wildman–Crippen LogP) is 21.0. The van der Waals surface area contributed by atoms with E-state index in [1.165, 1.54) is 313 Å². The summed E-state index contributed by atoms with van der Waals surface area (Å²) >= 11 is 0. The van der Waals surface area contributed by atoms with Crippen molar-refractivity contribution in [3.05, 3.63) is 58.9 Å². The minimum atomic E-state index is -2.32. The van der Waals surface area contributed by atoms with Gasteiger partial charge in [-0.2, -0.15) is 8.78 Å². The third-order valence-corrected chi connectivity index (χ3v) is 25.4. The molecule has 0 bridgehead atoms. The van der Waals surface area contributed by atoms with E-state index in [0.717, 1.165) is 5.69 Å². The zero-order valence-corrected chi connectivity index (χ0v) is 40.0. The van der Waals surface area contributed by atoms with Gasteiger partial charge >= 0.3 is 5.97 Å². The van der Waals surface area contributed by atoms with Crippen molar-refractivity contribution < 1.29 is 31.5 Å². The molecule has 33 aromatic rings. The molecule has 0 aliphatic carbocycles. The summed E-state index contributed by atoms with van der Waals surface area (Å²) in [7, 11) is 0. The van der Waals surface area contributed by atoms with Crippen molar-refractivity contribution in [1.82, 2.24) is 4.57 Å². The highest BCUT2D eigenvalue weighted by molar-refractivity contribution is 6.84. The molecule has 0 spiro atoms. The molecule has 0 saturated carbocycles. The molecule has 0 aliphatic rings. The number of halogens is 5. The van der Waals surface area contributed by atoms with E-state index in [9.17, 15) is 18.0 Å². The average Bonchev–Trinajstić information content (AvgIpc) is 1.77. The van der Waals surface area contributed by atoms with E-state index in [1.807, 2.05) is 12.1 Å². The second kappa shape index (κ2) is 7.81. The quantitative estimate of drug-likeness (QED) is 0.0336. The summed E-state index contributed by atoms with van der Waals surface area (Å²) in [5.41, 5.74) is 3.06. The zero-order valence-electron chi connectivity index (χ0n) is 40.0. The van der Waals surface area contributed by atoms with Crippen molar-refractivity contribution in [2.24, 2.45) is 0 Å². The number of carbonyl (C=O) groups is 1. The van der Waals surface area contributed by atoms with Crippen LogP contribution in [0.2, 0.25) is 0 Å². The van der Waals surface area contributed by atoms with Gasteiger partial charge in [-0.1, -0.05) is 0 Å². The third kappa shape index (κ3) is 1.99. The van der Waals surface area contributed by atoms with Gasteiger partial charge in [-0.3, -0.25) is 0 Å². The van der Waals surface area contributed by atoms with Crippen LogP contribution < -0.4 is 4.74 Å². The molecule has 0 unspecified atom stereocenters. The number of aromatic nitrogens is 1. The third-order valence-electron chi connectivity index (χ3n) is 25.4.